The average Bonchev–Trinajstić information content (AvgIpc) is 2.79. The smallest absolute Gasteiger partial charge is 0.262 e. The average molecular weight is 404 g/mol. The third-order valence-electron chi connectivity index (χ3n) is 4.51. The van der Waals surface area contributed by atoms with Gasteiger partial charge in [0.15, 0.2) is 6.61 Å². The number of anilines is 2. The fourth-order valence-electron chi connectivity index (χ4n) is 2.87. The molecule has 0 atom stereocenters. The minimum atomic E-state index is -0.239. The number of aryl methyl sites for hydroxylation is 1. The summed E-state index contributed by atoms with van der Waals surface area (Å²) in [4.78, 5) is 24.5. The highest BCUT2D eigenvalue weighted by Gasteiger charge is 2.09. The molecule has 0 aliphatic rings. The zero-order valence-corrected chi connectivity index (χ0v) is 17.0. The van der Waals surface area contributed by atoms with Gasteiger partial charge in [-0.25, -0.2) is 0 Å². The Bertz CT molecular complexity index is 998. The number of rotatable bonds is 8. The Morgan fingerprint density at radius 2 is 1.50 bits per heavy atom. The van der Waals surface area contributed by atoms with Crippen molar-refractivity contribution in [1.82, 2.24) is 0 Å². The standard InChI is InChI=1S/C24H24N2O4/c1-3-17-6-4-5-7-22(17)26-23(27)16-30-21-12-8-18(9-13-21)24(28)25-19-10-14-20(29-2)15-11-19/h4-15H,3,16H2,1-2H3,(H,25,28)(H,26,27). The van der Waals surface area contributed by atoms with Gasteiger partial charge in [0, 0.05) is 16.9 Å². The number of hydrogen-bond acceptors (Lipinski definition) is 4. The molecular formula is C24H24N2O4. The third kappa shape index (κ3) is 5.61. The first-order valence-electron chi connectivity index (χ1n) is 9.65. The minimum Gasteiger partial charge on any atom is -0.497 e. The highest BCUT2D eigenvalue weighted by atomic mass is 16.5. The summed E-state index contributed by atoms with van der Waals surface area (Å²) in [6.45, 7) is 1.92. The van der Waals surface area contributed by atoms with Gasteiger partial charge in [0.1, 0.15) is 11.5 Å². The van der Waals surface area contributed by atoms with Crippen LogP contribution in [0.3, 0.4) is 0 Å². The van der Waals surface area contributed by atoms with E-state index in [0.717, 1.165) is 23.4 Å². The molecule has 6 heteroatoms. The first-order chi connectivity index (χ1) is 14.6. The molecule has 154 valence electrons. The van der Waals surface area contributed by atoms with Crippen molar-refractivity contribution >= 4 is 23.2 Å². The Balaban J connectivity index is 1.52. The van der Waals surface area contributed by atoms with E-state index in [0.29, 0.717) is 17.0 Å². The van der Waals surface area contributed by atoms with E-state index in [9.17, 15) is 9.59 Å². The predicted octanol–water partition coefficient (Wildman–Crippen LogP) is 4.53. The summed E-state index contributed by atoms with van der Waals surface area (Å²) in [5, 5.41) is 5.68. The number of methoxy groups -OCH3 is 1. The zero-order chi connectivity index (χ0) is 21.3. The lowest BCUT2D eigenvalue weighted by Crippen LogP contribution is -2.21. The lowest BCUT2D eigenvalue weighted by atomic mass is 10.1. The second-order valence-corrected chi connectivity index (χ2v) is 6.55. The number of carbonyl (C=O) groups excluding carboxylic acids is 2. The summed E-state index contributed by atoms with van der Waals surface area (Å²) in [7, 11) is 1.59. The van der Waals surface area contributed by atoms with Crippen molar-refractivity contribution in [2.75, 3.05) is 24.4 Å². The minimum absolute atomic E-state index is 0.116. The maximum atomic E-state index is 12.4. The van der Waals surface area contributed by atoms with Crippen LogP contribution >= 0.6 is 0 Å². The van der Waals surface area contributed by atoms with E-state index in [1.54, 1.807) is 55.6 Å². The van der Waals surface area contributed by atoms with Crippen molar-refractivity contribution in [1.29, 1.82) is 0 Å². The van der Waals surface area contributed by atoms with Crippen molar-refractivity contribution in [2.45, 2.75) is 13.3 Å². The van der Waals surface area contributed by atoms with Crippen LogP contribution in [-0.2, 0) is 11.2 Å². The molecule has 2 amide bonds. The molecule has 0 fully saturated rings. The molecule has 6 nitrogen and oxygen atoms in total. The van der Waals surface area contributed by atoms with Crippen molar-refractivity contribution in [2.24, 2.45) is 0 Å². The summed E-state index contributed by atoms with van der Waals surface area (Å²) in [5.74, 6) is 0.754. The molecule has 0 bridgehead atoms. The fourth-order valence-corrected chi connectivity index (χ4v) is 2.87. The maximum Gasteiger partial charge on any atom is 0.262 e. The van der Waals surface area contributed by atoms with Crippen LogP contribution in [0.2, 0.25) is 0 Å². The van der Waals surface area contributed by atoms with Gasteiger partial charge in [-0.15, -0.1) is 0 Å². The van der Waals surface area contributed by atoms with Gasteiger partial charge in [-0.3, -0.25) is 9.59 Å². The van der Waals surface area contributed by atoms with Gasteiger partial charge < -0.3 is 20.1 Å². The van der Waals surface area contributed by atoms with Crippen LogP contribution in [0.25, 0.3) is 0 Å². The number of benzene rings is 3. The maximum absolute atomic E-state index is 12.4. The molecule has 0 radical (unpaired) electrons. The zero-order valence-electron chi connectivity index (χ0n) is 17.0. The highest BCUT2D eigenvalue weighted by Crippen LogP contribution is 2.18. The second-order valence-electron chi connectivity index (χ2n) is 6.55. The first-order valence-corrected chi connectivity index (χ1v) is 9.65. The Kier molecular flexibility index (Phi) is 7.05. The van der Waals surface area contributed by atoms with Crippen molar-refractivity contribution in [3.63, 3.8) is 0 Å². The highest BCUT2D eigenvalue weighted by molar-refractivity contribution is 6.04. The van der Waals surface area contributed by atoms with Gasteiger partial charge in [0.05, 0.1) is 7.11 Å². The number of nitrogens with one attached hydrogen (secondary N) is 2. The SMILES string of the molecule is CCc1ccccc1NC(=O)COc1ccc(C(=O)Nc2ccc(OC)cc2)cc1. The summed E-state index contributed by atoms with van der Waals surface area (Å²) >= 11 is 0. The van der Waals surface area contributed by atoms with Crippen LogP contribution in [-0.4, -0.2) is 25.5 Å². The van der Waals surface area contributed by atoms with Crippen molar-refractivity contribution in [3.8, 4) is 11.5 Å². The van der Waals surface area contributed by atoms with E-state index in [1.165, 1.54) is 0 Å². The summed E-state index contributed by atoms with van der Waals surface area (Å²) in [5.41, 5.74) is 3.02. The van der Waals surface area contributed by atoms with Gasteiger partial charge in [-0.1, -0.05) is 25.1 Å². The van der Waals surface area contributed by atoms with Gasteiger partial charge in [-0.2, -0.15) is 0 Å². The monoisotopic (exact) mass is 404 g/mol. The molecule has 3 aromatic carbocycles. The van der Waals surface area contributed by atoms with E-state index in [4.69, 9.17) is 9.47 Å². The largest absolute Gasteiger partial charge is 0.497 e. The number of para-hydroxylation sites is 1. The Hall–Kier alpha value is -3.80. The summed E-state index contributed by atoms with van der Waals surface area (Å²) < 4.78 is 10.6. The van der Waals surface area contributed by atoms with E-state index < -0.39 is 0 Å². The normalized spacial score (nSPS) is 10.2. The second kappa shape index (κ2) is 10.1. The predicted molar refractivity (Wildman–Crippen MR) is 117 cm³/mol. The molecular weight excluding hydrogens is 380 g/mol. The topological polar surface area (TPSA) is 76.7 Å². The van der Waals surface area contributed by atoms with Crippen LogP contribution in [0.15, 0.2) is 72.8 Å². The molecule has 0 aliphatic heterocycles. The number of ether oxygens (including phenoxy) is 2. The Morgan fingerprint density at radius 3 is 2.17 bits per heavy atom. The van der Waals surface area contributed by atoms with Crippen LogP contribution in [0.1, 0.15) is 22.8 Å². The number of hydrogen-bond donors (Lipinski definition) is 2. The molecule has 30 heavy (non-hydrogen) atoms. The fraction of sp³-hybridized carbons (Fsp3) is 0.167. The van der Waals surface area contributed by atoms with Gasteiger partial charge >= 0.3 is 0 Å². The van der Waals surface area contributed by atoms with Crippen LogP contribution < -0.4 is 20.1 Å². The van der Waals surface area contributed by atoms with E-state index in [2.05, 4.69) is 10.6 Å². The van der Waals surface area contributed by atoms with Gasteiger partial charge in [0.2, 0.25) is 0 Å². The first kappa shape index (κ1) is 20.9. The summed E-state index contributed by atoms with van der Waals surface area (Å²) in [6.07, 6.45) is 0.831. The molecule has 0 unspecified atom stereocenters. The number of carbonyl (C=O) groups is 2. The van der Waals surface area contributed by atoms with Gasteiger partial charge in [0.25, 0.3) is 11.8 Å². The van der Waals surface area contributed by atoms with Crippen molar-refractivity contribution < 1.29 is 19.1 Å². The van der Waals surface area contributed by atoms with Crippen molar-refractivity contribution in [3.05, 3.63) is 83.9 Å². The molecule has 2 N–H and O–H groups in total. The molecule has 0 saturated carbocycles. The lowest BCUT2D eigenvalue weighted by Gasteiger charge is -2.11. The van der Waals surface area contributed by atoms with Crippen LogP contribution in [0, 0.1) is 0 Å². The van der Waals surface area contributed by atoms with E-state index >= 15 is 0 Å². The molecule has 3 rings (SSSR count). The molecule has 0 spiro atoms. The molecule has 0 aliphatic carbocycles. The van der Waals surface area contributed by atoms with E-state index in [-0.39, 0.29) is 18.4 Å². The molecule has 0 aromatic heterocycles. The lowest BCUT2D eigenvalue weighted by molar-refractivity contribution is -0.118. The quantitative estimate of drug-likeness (QED) is 0.578. The molecule has 0 heterocycles. The molecule has 3 aromatic rings. The van der Waals surface area contributed by atoms with Crippen LogP contribution in [0.5, 0.6) is 11.5 Å². The Morgan fingerprint density at radius 1 is 0.833 bits per heavy atom. The third-order valence-corrected chi connectivity index (χ3v) is 4.51. The molecule has 0 saturated heterocycles. The number of amides is 2. The Labute approximate surface area is 175 Å². The van der Waals surface area contributed by atoms with Crippen LogP contribution in [0.4, 0.5) is 11.4 Å². The van der Waals surface area contributed by atoms with Gasteiger partial charge in [-0.05, 0) is 66.6 Å². The van der Waals surface area contributed by atoms with E-state index in [1.807, 2.05) is 31.2 Å². The summed E-state index contributed by atoms with van der Waals surface area (Å²) in [6, 6.07) is 21.4.